The third-order valence-electron chi connectivity index (χ3n) is 3.46. The summed E-state index contributed by atoms with van der Waals surface area (Å²) in [6.07, 6.45) is 2.61. The maximum atomic E-state index is 3.65. The normalized spacial score (nSPS) is 29.0. The Kier molecular flexibility index (Phi) is 2.72. The van der Waals surface area contributed by atoms with Gasteiger partial charge in [-0.15, -0.1) is 0 Å². The lowest BCUT2D eigenvalue weighted by Gasteiger charge is -2.19. The molecule has 0 saturated heterocycles. The first-order chi connectivity index (χ1) is 7.07. The number of para-hydroxylation sites is 1. The largest absolute Gasteiger partial charge is 0.382 e. The molecule has 82 valence electrons. The van der Waals surface area contributed by atoms with Gasteiger partial charge in [-0.05, 0) is 36.3 Å². The number of hydrogen-bond donors (Lipinski definition) is 1. The molecule has 1 saturated carbocycles. The first-order valence-electron chi connectivity index (χ1n) is 5.88. The molecular weight excluding hydrogens is 182 g/mol. The molecule has 1 aliphatic rings. The van der Waals surface area contributed by atoms with E-state index in [2.05, 4.69) is 56.4 Å². The lowest BCUT2D eigenvalue weighted by Crippen LogP contribution is -2.22. The summed E-state index contributed by atoms with van der Waals surface area (Å²) in [7, 11) is 0. The van der Waals surface area contributed by atoms with E-state index in [0.29, 0.717) is 11.5 Å². The minimum Gasteiger partial charge on any atom is -0.382 e. The van der Waals surface area contributed by atoms with E-state index in [1.807, 2.05) is 0 Å². The second-order valence-corrected chi connectivity index (χ2v) is 5.67. The van der Waals surface area contributed by atoms with Gasteiger partial charge in [0.25, 0.3) is 0 Å². The minimum atomic E-state index is 0.506. The van der Waals surface area contributed by atoms with Crippen molar-refractivity contribution in [1.82, 2.24) is 0 Å². The molecule has 1 aromatic carbocycles. The second-order valence-electron chi connectivity index (χ2n) is 5.67. The molecule has 0 spiro atoms. The molecule has 2 rings (SSSR count). The Morgan fingerprint density at radius 1 is 1.13 bits per heavy atom. The van der Waals surface area contributed by atoms with Gasteiger partial charge >= 0.3 is 0 Å². The Bertz CT molecular complexity index is 315. The van der Waals surface area contributed by atoms with Crippen molar-refractivity contribution < 1.29 is 0 Å². The molecule has 0 aromatic heterocycles. The van der Waals surface area contributed by atoms with E-state index in [-0.39, 0.29) is 0 Å². The highest BCUT2D eigenvalue weighted by atomic mass is 14.9. The standard InChI is InChI=1S/C14H21N/c1-11-9-14(2,3)10-13(11)15-12-7-5-4-6-8-12/h4-8,11,13,15H,9-10H2,1-3H3. The predicted octanol–water partition coefficient (Wildman–Crippen LogP) is 3.92. The fraction of sp³-hybridized carbons (Fsp3) is 0.571. The van der Waals surface area contributed by atoms with Crippen LogP contribution in [-0.4, -0.2) is 6.04 Å². The van der Waals surface area contributed by atoms with E-state index < -0.39 is 0 Å². The lowest BCUT2D eigenvalue weighted by atomic mass is 9.91. The number of rotatable bonds is 2. The van der Waals surface area contributed by atoms with Crippen molar-refractivity contribution in [1.29, 1.82) is 0 Å². The number of nitrogens with one attached hydrogen (secondary N) is 1. The van der Waals surface area contributed by atoms with Crippen molar-refractivity contribution in [2.75, 3.05) is 5.32 Å². The first-order valence-corrected chi connectivity index (χ1v) is 5.88. The molecule has 0 radical (unpaired) electrons. The third-order valence-corrected chi connectivity index (χ3v) is 3.46. The van der Waals surface area contributed by atoms with Gasteiger partial charge in [0.1, 0.15) is 0 Å². The molecule has 0 aliphatic heterocycles. The van der Waals surface area contributed by atoms with Crippen LogP contribution in [0.2, 0.25) is 0 Å². The highest BCUT2D eigenvalue weighted by Gasteiger charge is 2.36. The van der Waals surface area contributed by atoms with E-state index in [4.69, 9.17) is 0 Å². The van der Waals surface area contributed by atoms with Crippen LogP contribution in [0.25, 0.3) is 0 Å². The summed E-state index contributed by atoms with van der Waals surface area (Å²) in [5.41, 5.74) is 1.76. The molecule has 2 atom stereocenters. The van der Waals surface area contributed by atoms with Gasteiger partial charge in [0, 0.05) is 11.7 Å². The van der Waals surface area contributed by atoms with Crippen LogP contribution in [0.1, 0.15) is 33.6 Å². The Labute approximate surface area is 92.9 Å². The minimum absolute atomic E-state index is 0.506. The van der Waals surface area contributed by atoms with Gasteiger partial charge in [-0.1, -0.05) is 39.0 Å². The summed E-state index contributed by atoms with van der Waals surface area (Å²) in [4.78, 5) is 0. The van der Waals surface area contributed by atoms with Gasteiger partial charge in [0.15, 0.2) is 0 Å². The molecular formula is C14H21N. The van der Waals surface area contributed by atoms with Crippen LogP contribution in [0.3, 0.4) is 0 Å². The summed E-state index contributed by atoms with van der Waals surface area (Å²) in [5.74, 6) is 0.778. The number of benzene rings is 1. The van der Waals surface area contributed by atoms with E-state index in [1.54, 1.807) is 0 Å². The molecule has 1 nitrogen and oxygen atoms in total. The van der Waals surface area contributed by atoms with Gasteiger partial charge in [0.2, 0.25) is 0 Å². The second kappa shape index (κ2) is 3.88. The summed E-state index contributed by atoms with van der Waals surface area (Å²) in [6.45, 7) is 7.10. The van der Waals surface area contributed by atoms with Crippen LogP contribution in [0.15, 0.2) is 30.3 Å². The van der Waals surface area contributed by atoms with Gasteiger partial charge in [0.05, 0.1) is 0 Å². The number of anilines is 1. The van der Waals surface area contributed by atoms with E-state index >= 15 is 0 Å². The van der Waals surface area contributed by atoms with Crippen LogP contribution in [0.4, 0.5) is 5.69 Å². The molecule has 0 amide bonds. The zero-order chi connectivity index (χ0) is 10.9. The SMILES string of the molecule is CC1CC(C)(C)CC1Nc1ccccc1. The van der Waals surface area contributed by atoms with Crippen LogP contribution < -0.4 is 5.32 Å². The maximum absolute atomic E-state index is 3.65. The van der Waals surface area contributed by atoms with Crippen molar-refractivity contribution in [3.05, 3.63) is 30.3 Å². The Hall–Kier alpha value is -0.980. The third kappa shape index (κ3) is 2.53. The van der Waals surface area contributed by atoms with Gasteiger partial charge in [-0.2, -0.15) is 0 Å². The summed E-state index contributed by atoms with van der Waals surface area (Å²) >= 11 is 0. The zero-order valence-corrected chi connectivity index (χ0v) is 9.96. The van der Waals surface area contributed by atoms with Crippen molar-refractivity contribution in [2.24, 2.45) is 11.3 Å². The first kappa shape index (κ1) is 10.5. The van der Waals surface area contributed by atoms with Gasteiger partial charge in [-0.25, -0.2) is 0 Å². The average Bonchev–Trinajstić information content (AvgIpc) is 2.41. The number of hydrogen-bond acceptors (Lipinski definition) is 1. The molecule has 15 heavy (non-hydrogen) atoms. The Balaban J connectivity index is 2.02. The van der Waals surface area contributed by atoms with Crippen LogP contribution in [0, 0.1) is 11.3 Å². The molecule has 1 aliphatic carbocycles. The lowest BCUT2D eigenvalue weighted by molar-refractivity contribution is 0.366. The molecule has 1 heteroatoms. The molecule has 1 fully saturated rings. The molecule has 2 unspecified atom stereocenters. The quantitative estimate of drug-likeness (QED) is 0.768. The van der Waals surface area contributed by atoms with E-state index in [9.17, 15) is 0 Å². The fourth-order valence-corrected chi connectivity index (χ4v) is 2.84. The zero-order valence-electron chi connectivity index (χ0n) is 9.96. The summed E-state index contributed by atoms with van der Waals surface area (Å²) < 4.78 is 0. The van der Waals surface area contributed by atoms with Crippen LogP contribution in [0.5, 0.6) is 0 Å². The van der Waals surface area contributed by atoms with Gasteiger partial charge in [-0.3, -0.25) is 0 Å². The monoisotopic (exact) mass is 203 g/mol. The smallest absolute Gasteiger partial charge is 0.0342 e. The van der Waals surface area contributed by atoms with Crippen LogP contribution >= 0.6 is 0 Å². The van der Waals surface area contributed by atoms with Crippen LogP contribution in [-0.2, 0) is 0 Å². The van der Waals surface area contributed by atoms with Gasteiger partial charge < -0.3 is 5.32 Å². The van der Waals surface area contributed by atoms with Crippen molar-refractivity contribution in [2.45, 2.75) is 39.7 Å². The topological polar surface area (TPSA) is 12.0 Å². The van der Waals surface area contributed by atoms with Crippen molar-refractivity contribution in [3.8, 4) is 0 Å². The predicted molar refractivity (Wildman–Crippen MR) is 66.0 cm³/mol. The molecule has 1 N–H and O–H groups in total. The highest BCUT2D eigenvalue weighted by Crippen LogP contribution is 2.41. The molecule has 1 aromatic rings. The molecule has 0 heterocycles. The summed E-state index contributed by atoms with van der Waals surface area (Å²) in [5, 5.41) is 3.65. The van der Waals surface area contributed by atoms with Crippen molar-refractivity contribution in [3.63, 3.8) is 0 Å². The average molecular weight is 203 g/mol. The Morgan fingerprint density at radius 2 is 1.80 bits per heavy atom. The molecule has 0 bridgehead atoms. The Morgan fingerprint density at radius 3 is 2.33 bits per heavy atom. The fourth-order valence-electron chi connectivity index (χ4n) is 2.84. The van der Waals surface area contributed by atoms with E-state index in [0.717, 1.165) is 5.92 Å². The van der Waals surface area contributed by atoms with E-state index in [1.165, 1.54) is 18.5 Å². The maximum Gasteiger partial charge on any atom is 0.0342 e. The summed E-state index contributed by atoms with van der Waals surface area (Å²) in [6, 6.07) is 11.2. The highest BCUT2D eigenvalue weighted by molar-refractivity contribution is 5.43. The van der Waals surface area contributed by atoms with Crippen molar-refractivity contribution >= 4 is 5.69 Å².